The fourth-order valence-electron chi connectivity index (χ4n) is 3.09. The van der Waals surface area contributed by atoms with Crippen LogP contribution in [0.25, 0.3) is 0 Å². The van der Waals surface area contributed by atoms with Crippen LogP contribution in [0.15, 0.2) is 18.2 Å². The average molecular weight is 314 g/mol. The van der Waals surface area contributed by atoms with Crippen molar-refractivity contribution in [3.8, 4) is 0 Å². The van der Waals surface area contributed by atoms with Gasteiger partial charge in [0.15, 0.2) is 0 Å². The summed E-state index contributed by atoms with van der Waals surface area (Å²) in [5.74, 6) is -0.234. The third kappa shape index (κ3) is 4.16. The van der Waals surface area contributed by atoms with Crippen LogP contribution in [-0.4, -0.2) is 56.1 Å². The Kier molecular flexibility index (Phi) is 5.99. The second-order valence-electron chi connectivity index (χ2n) is 5.86. The monoisotopic (exact) mass is 313 g/mol. The van der Waals surface area contributed by atoms with Crippen molar-refractivity contribution >= 4 is 11.6 Å². The highest BCUT2D eigenvalue weighted by Crippen LogP contribution is 2.29. The van der Waals surface area contributed by atoms with Crippen molar-refractivity contribution < 1.29 is 4.39 Å². The summed E-state index contributed by atoms with van der Waals surface area (Å²) in [6, 6.07) is 4.93. The molecule has 1 aliphatic heterocycles. The second-order valence-corrected chi connectivity index (χ2v) is 6.27. The molecule has 3 nitrogen and oxygen atoms in total. The first-order chi connectivity index (χ1) is 10.0. The van der Waals surface area contributed by atoms with Crippen LogP contribution in [0, 0.1) is 5.82 Å². The number of nitrogens with zero attached hydrogens (tertiary/aromatic N) is 2. The molecule has 21 heavy (non-hydrogen) atoms. The van der Waals surface area contributed by atoms with Crippen LogP contribution in [0.5, 0.6) is 0 Å². The maximum Gasteiger partial charge on any atom is 0.123 e. The number of rotatable bonds is 4. The zero-order valence-electron chi connectivity index (χ0n) is 13.1. The van der Waals surface area contributed by atoms with Gasteiger partial charge in [0.2, 0.25) is 0 Å². The lowest BCUT2D eigenvalue weighted by Gasteiger charge is -2.35. The van der Waals surface area contributed by atoms with Gasteiger partial charge in [0, 0.05) is 17.6 Å². The quantitative estimate of drug-likeness (QED) is 0.922. The molecular weight excluding hydrogens is 289 g/mol. The summed E-state index contributed by atoms with van der Waals surface area (Å²) < 4.78 is 13.7. The molecule has 0 radical (unpaired) electrons. The highest BCUT2D eigenvalue weighted by molar-refractivity contribution is 6.31. The minimum Gasteiger partial charge on any atom is -0.309 e. The van der Waals surface area contributed by atoms with E-state index in [0.717, 1.165) is 38.2 Å². The summed E-state index contributed by atoms with van der Waals surface area (Å²) in [6.45, 7) is 5.98. The lowest BCUT2D eigenvalue weighted by atomic mass is 9.97. The molecule has 1 aromatic carbocycles. The normalized spacial score (nSPS) is 23.0. The Morgan fingerprint density at radius 3 is 2.86 bits per heavy atom. The van der Waals surface area contributed by atoms with Gasteiger partial charge in [-0.15, -0.1) is 0 Å². The molecule has 0 saturated carbocycles. The summed E-state index contributed by atoms with van der Waals surface area (Å²) in [6.07, 6.45) is 1.15. The van der Waals surface area contributed by atoms with Crippen molar-refractivity contribution in [2.24, 2.45) is 0 Å². The van der Waals surface area contributed by atoms with Gasteiger partial charge in [0.1, 0.15) is 5.82 Å². The third-order valence-electron chi connectivity index (χ3n) is 4.22. The number of benzene rings is 1. The number of nitrogens with one attached hydrogen (secondary N) is 1. The smallest absolute Gasteiger partial charge is 0.123 e. The van der Waals surface area contributed by atoms with Crippen LogP contribution in [-0.2, 0) is 0 Å². The van der Waals surface area contributed by atoms with E-state index < -0.39 is 0 Å². The molecule has 118 valence electrons. The SMILES string of the molecule is CCNC(c1cc(F)ccc1Cl)C1CN(C)CCCN1C. The number of hydrogen-bond acceptors (Lipinski definition) is 3. The van der Waals surface area contributed by atoms with Crippen LogP contribution in [0.3, 0.4) is 0 Å². The van der Waals surface area contributed by atoms with Gasteiger partial charge >= 0.3 is 0 Å². The molecule has 1 saturated heterocycles. The van der Waals surface area contributed by atoms with E-state index in [-0.39, 0.29) is 17.9 Å². The van der Waals surface area contributed by atoms with Crippen LogP contribution >= 0.6 is 11.6 Å². The summed E-state index contributed by atoms with van der Waals surface area (Å²) in [4.78, 5) is 4.70. The van der Waals surface area contributed by atoms with Gasteiger partial charge in [0.25, 0.3) is 0 Å². The van der Waals surface area contributed by atoms with Crippen molar-refractivity contribution in [1.29, 1.82) is 0 Å². The van der Waals surface area contributed by atoms with E-state index in [1.807, 2.05) is 0 Å². The highest BCUT2D eigenvalue weighted by atomic mass is 35.5. The Labute approximate surface area is 132 Å². The maximum atomic E-state index is 13.7. The first-order valence-electron chi connectivity index (χ1n) is 7.60. The fourth-order valence-corrected chi connectivity index (χ4v) is 3.33. The highest BCUT2D eigenvalue weighted by Gasteiger charge is 2.30. The maximum absolute atomic E-state index is 13.7. The molecule has 2 atom stereocenters. The van der Waals surface area contributed by atoms with E-state index in [1.54, 1.807) is 12.1 Å². The molecule has 0 amide bonds. The molecule has 0 aliphatic carbocycles. The van der Waals surface area contributed by atoms with Crippen LogP contribution in [0.2, 0.25) is 5.02 Å². The standard InChI is InChI=1S/C16H25ClFN3/c1-4-19-16(13-10-12(18)6-7-14(13)17)15-11-20(2)8-5-9-21(15)3/h6-7,10,15-16,19H,4-5,8-9,11H2,1-3H3. The molecule has 1 aromatic rings. The zero-order chi connectivity index (χ0) is 15.4. The van der Waals surface area contributed by atoms with Crippen molar-refractivity contribution in [1.82, 2.24) is 15.1 Å². The van der Waals surface area contributed by atoms with E-state index in [0.29, 0.717) is 5.02 Å². The van der Waals surface area contributed by atoms with E-state index in [9.17, 15) is 4.39 Å². The molecule has 0 aromatic heterocycles. The summed E-state index contributed by atoms with van der Waals surface area (Å²) in [7, 11) is 4.28. The average Bonchev–Trinajstić information content (AvgIpc) is 2.61. The van der Waals surface area contributed by atoms with Gasteiger partial charge in [-0.1, -0.05) is 18.5 Å². The van der Waals surface area contributed by atoms with Crippen LogP contribution < -0.4 is 5.32 Å². The minimum absolute atomic E-state index is 0.0312. The van der Waals surface area contributed by atoms with E-state index in [1.165, 1.54) is 6.07 Å². The molecule has 0 bridgehead atoms. The predicted molar refractivity (Wildman–Crippen MR) is 86.4 cm³/mol. The summed E-state index contributed by atoms with van der Waals surface area (Å²) in [5.41, 5.74) is 0.852. The Morgan fingerprint density at radius 2 is 2.14 bits per heavy atom. The van der Waals surface area contributed by atoms with Crippen LogP contribution in [0.1, 0.15) is 24.9 Å². The summed E-state index contributed by atoms with van der Waals surface area (Å²) >= 11 is 6.33. The molecule has 5 heteroatoms. The topological polar surface area (TPSA) is 18.5 Å². The largest absolute Gasteiger partial charge is 0.309 e. The van der Waals surface area contributed by atoms with Gasteiger partial charge in [-0.05, 0) is 63.9 Å². The molecule has 0 spiro atoms. The van der Waals surface area contributed by atoms with E-state index in [4.69, 9.17) is 11.6 Å². The molecule has 1 heterocycles. The van der Waals surface area contributed by atoms with Gasteiger partial charge in [0.05, 0.1) is 6.04 Å². The van der Waals surface area contributed by atoms with E-state index >= 15 is 0 Å². The van der Waals surface area contributed by atoms with Crippen LogP contribution in [0.4, 0.5) is 4.39 Å². The summed E-state index contributed by atoms with van der Waals surface area (Å²) in [5, 5.41) is 4.12. The van der Waals surface area contributed by atoms with Crippen molar-refractivity contribution in [3.63, 3.8) is 0 Å². The third-order valence-corrected chi connectivity index (χ3v) is 4.56. The minimum atomic E-state index is -0.234. The Morgan fingerprint density at radius 1 is 1.38 bits per heavy atom. The Hall–Kier alpha value is -0.680. The van der Waals surface area contributed by atoms with Crippen molar-refractivity contribution in [3.05, 3.63) is 34.6 Å². The second kappa shape index (κ2) is 7.54. The Balaban J connectivity index is 2.34. The molecule has 2 rings (SSSR count). The Bertz CT molecular complexity index is 469. The lowest BCUT2D eigenvalue weighted by Crippen LogP contribution is -2.47. The lowest BCUT2D eigenvalue weighted by molar-refractivity contribution is 0.179. The van der Waals surface area contributed by atoms with Gasteiger partial charge in [-0.3, -0.25) is 0 Å². The molecule has 2 unspecified atom stereocenters. The zero-order valence-corrected chi connectivity index (χ0v) is 13.8. The van der Waals surface area contributed by atoms with Crippen molar-refractivity contribution in [2.75, 3.05) is 40.3 Å². The van der Waals surface area contributed by atoms with Crippen molar-refractivity contribution in [2.45, 2.75) is 25.4 Å². The molecular formula is C16H25ClFN3. The van der Waals surface area contributed by atoms with Gasteiger partial charge in [-0.25, -0.2) is 4.39 Å². The van der Waals surface area contributed by atoms with Gasteiger partial charge in [-0.2, -0.15) is 0 Å². The molecule has 1 fully saturated rings. The molecule has 1 aliphatic rings. The van der Waals surface area contributed by atoms with Gasteiger partial charge < -0.3 is 15.1 Å². The first-order valence-corrected chi connectivity index (χ1v) is 7.97. The number of hydrogen-bond donors (Lipinski definition) is 1. The predicted octanol–water partition coefficient (Wildman–Crippen LogP) is 2.77. The number of likely N-dealkylation sites (N-methyl/N-ethyl adjacent to an activating group) is 3. The molecule has 1 N–H and O–H groups in total. The first kappa shape index (κ1) is 16.7. The van der Waals surface area contributed by atoms with E-state index in [2.05, 4.69) is 36.1 Å². The number of halogens is 2. The fraction of sp³-hybridized carbons (Fsp3) is 0.625.